The maximum atomic E-state index is 12.7. The van der Waals surface area contributed by atoms with Gasteiger partial charge in [-0.25, -0.2) is 4.98 Å². The Labute approximate surface area is 314 Å². The van der Waals surface area contributed by atoms with Gasteiger partial charge in [-0.2, -0.15) is 5.10 Å². The van der Waals surface area contributed by atoms with Crippen molar-refractivity contribution in [1.29, 1.82) is 0 Å². The van der Waals surface area contributed by atoms with Gasteiger partial charge >= 0.3 is 0 Å². The van der Waals surface area contributed by atoms with E-state index in [1.807, 2.05) is 66.7 Å². The third-order valence-corrected chi connectivity index (χ3v) is 10.2. The number of aromatic nitrogens is 3. The SMILES string of the molecule is Nc1ccccc1NC(=O)CCCCCCC(=O)NCc1ccccc1-c1ccc(C2OC(CSc3ncn[nH]3)CC(c3ccc(CO)cc3)O2)cc1. The second-order valence-corrected chi connectivity index (χ2v) is 14.1. The number of ether oxygens (including phenoxy) is 2. The van der Waals surface area contributed by atoms with Gasteiger partial charge in [0.2, 0.25) is 11.8 Å². The average Bonchev–Trinajstić information content (AvgIpc) is 3.73. The largest absolute Gasteiger partial charge is 0.397 e. The first-order valence-electron chi connectivity index (χ1n) is 18.0. The van der Waals surface area contributed by atoms with Crippen molar-refractivity contribution in [1.82, 2.24) is 20.5 Å². The predicted octanol–water partition coefficient (Wildman–Crippen LogP) is 7.48. The van der Waals surface area contributed by atoms with E-state index in [9.17, 15) is 14.7 Å². The van der Waals surface area contributed by atoms with Crippen LogP contribution in [-0.4, -0.2) is 44.0 Å². The molecule has 1 aliphatic rings. The molecule has 53 heavy (non-hydrogen) atoms. The number of para-hydroxylation sites is 2. The second kappa shape index (κ2) is 19.2. The van der Waals surface area contributed by atoms with E-state index in [2.05, 4.69) is 44.0 Å². The fourth-order valence-corrected chi connectivity index (χ4v) is 7.06. The zero-order valence-electron chi connectivity index (χ0n) is 29.6. The molecule has 1 saturated heterocycles. The van der Waals surface area contributed by atoms with E-state index in [1.54, 1.807) is 23.9 Å². The fourth-order valence-electron chi connectivity index (χ4n) is 6.26. The van der Waals surface area contributed by atoms with E-state index in [1.165, 1.54) is 6.33 Å². The lowest BCUT2D eigenvalue weighted by Crippen LogP contribution is -2.31. The Morgan fingerprint density at radius 2 is 1.57 bits per heavy atom. The summed E-state index contributed by atoms with van der Waals surface area (Å²) < 4.78 is 13.0. The highest BCUT2D eigenvalue weighted by Crippen LogP contribution is 2.39. The number of hydrogen-bond acceptors (Lipinski definition) is 9. The van der Waals surface area contributed by atoms with E-state index >= 15 is 0 Å². The summed E-state index contributed by atoms with van der Waals surface area (Å²) in [5.74, 6) is 0.639. The summed E-state index contributed by atoms with van der Waals surface area (Å²) in [4.78, 5) is 29.2. The van der Waals surface area contributed by atoms with Crippen molar-refractivity contribution in [2.24, 2.45) is 0 Å². The first-order valence-corrected chi connectivity index (χ1v) is 19.0. The maximum absolute atomic E-state index is 12.7. The summed E-state index contributed by atoms with van der Waals surface area (Å²) in [6, 6.07) is 31.4. The number of anilines is 2. The molecule has 2 amide bonds. The molecule has 6 rings (SSSR count). The third-order valence-electron chi connectivity index (χ3n) is 9.19. The molecule has 3 unspecified atom stereocenters. The number of aliphatic hydroxyl groups excluding tert-OH is 1. The van der Waals surface area contributed by atoms with Crippen molar-refractivity contribution in [3.63, 3.8) is 0 Å². The van der Waals surface area contributed by atoms with Crippen LogP contribution in [0.3, 0.4) is 0 Å². The summed E-state index contributed by atoms with van der Waals surface area (Å²) in [7, 11) is 0. The molecule has 0 radical (unpaired) electrons. The van der Waals surface area contributed by atoms with Crippen molar-refractivity contribution < 1.29 is 24.2 Å². The van der Waals surface area contributed by atoms with Crippen LogP contribution >= 0.6 is 11.8 Å². The molecule has 2 heterocycles. The number of nitrogen functional groups attached to an aromatic ring is 1. The van der Waals surface area contributed by atoms with Crippen LogP contribution in [0.2, 0.25) is 0 Å². The summed E-state index contributed by atoms with van der Waals surface area (Å²) in [6.45, 7) is 0.419. The monoisotopic (exact) mass is 734 g/mol. The van der Waals surface area contributed by atoms with Gasteiger partial charge in [0.05, 0.1) is 30.2 Å². The van der Waals surface area contributed by atoms with Crippen LogP contribution in [-0.2, 0) is 32.2 Å². The van der Waals surface area contributed by atoms with Gasteiger partial charge in [-0.15, -0.1) is 0 Å². The highest BCUT2D eigenvalue weighted by molar-refractivity contribution is 7.99. The fraction of sp³-hybridized carbons (Fsp3) is 0.317. The van der Waals surface area contributed by atoms with Crippen molar-refractivity contribution in [2.75, 3.05) is 16.8 Å². The quantitative estimate of drug-likeness (QED) is 0.0370. The summed E-state index contributed by atoms with van der Waals surface area (Å²) in [5, 5.41) is 23.0. The minimum atomic E-state index is -0.569. The van der Waals surface area contributed by atoms with Gasteiger partial charge in [-0.05, 0) is 52.8 Å². The van der Waals surface area contributed by atoms with Crippen molar-refractivity contribution >= 4 is 35.0 Å². The molecule has 276 valence electrons. The Morgan fingerprint density at radius 1 is 0.849 bits per heavy atom. The molecule has 0 aliphatic carbocycles. The molecule has 12 heteroatoms. The maximum Gasteiger partial charge on any atom is 0.224 e. The minimum absolute atomic E-state index is 0.00715. The predicted molar refractivity (Wildman–Crippen MR) is 206 cm³/mol. The Morgan fingerprint density at radius 3 is 2.30 bits per heavy atom. The topological polar surface area (TPSA) is 164 Å². The lowest BCUT2D eigenvalue weighted by molar-refractivity contribution is -0.245. The smallest absolute Gasteiger partial charge is 0.224 e. The van der Waals surface area contributed by atoms with Crippen LogP contribution in [0.4, 0.5) is 11.4 Å². The first kappa shape index (κ1) is 37.7. The van der Waals surface area contributed by atoms with Crippen molar-refractivity contribution in [2.45, 2.75) is 81.8 Å². The normalized spacial score (nSPS) is 17.0. The number of amides is 2. The number of unbranched alkanes of at least 4 members (excludes halogenated alkanes) is 3. The number of hydrogen-bond donors (Lipinski definition) is 5. The van der Waals surface area contributed by atoms with Gasteiger partial charge < -0.3 is 30.9 Å². The second-order valence-electron chi connectivity index (χ2n) is 13.1. The molecule has 3 atom stereocenters. The standard InChI is InChI=1S/C41H46N6O5S/c42-35-11-7-8-12-36(35)46-39(50)14-4-2-1-3-13-38(49)43-24-32-9-5-6-10-34(32)29-19-21-31(22-20-29)40-51-33(26-53-41-44-27-45-47-41)23-37(52-40)30-17-15-28(25-48)16-18-30/h5-12,15-22,27,33,37,40,48H,1-4,13-14,23-26,42H2,(H,43,49)(H,46,50)(H,44,45,47). The van der Waals surface area contributed by atoms with Gasteiger partial charge in [-0.3, -0.25) is 14.7 Å². The molecule has 1 fully saturated rings. The number of thioether (sulfide) groups is 1. The molecular weight excluding hydrogens is 689 g/mol. The van der Waals surface area contributed by atoms with Crippen LogP contribution in [0.5, 0.6) is 0 Å². The molecule has 6 N–H and O–H groups in total. The van der Waals surface area contributed by atoms with E-state index in [-0.39, 0.29) is 30.6 Å². The number of aliphatic hydroxyl groups is 1. The van der Waals surface area contributed by atoms with Crippen molar-refractivity contribution in [3.8, 4) is 11.1 Å². The van der Waals surface area contributed by atoms with Crippen LogP contribution in [0.25, 0.3) is 11.1 Å². The number of rotatable bonds is 17. The van der Waals surface area contributed by atoms with Gasteiger partial charge in [0.15, 0.2) is 11.4 Å². The molecule has 4 aromatic carbocycles. The third kappa shape index (κ3) is 11.0. The molecule has 1 aliphatic heterocycles. The Balaban J connectivity index is 0.995. The van der Waals surface area contributed by atoms with E-state index in [0.29, 0.717) is 42.9 Å². The Kier molecular flexibility index (Phi) is 13.7. The zero-order valence-corrected chi connectivity index (χ0v) is 30.4. The van der Waals surface area contributed by atoms with Crippen molar-refractivity contribution in [3.05, 3.63) is 126 Å². The molecule has 11 nitrogen and oxygen atoms in total. The zero-order chi connectivity index (χ0) is 36.8. The number of carbonyl (C=O) groups excluding carboxylic acids is 2. The van der Waals surface area contributed by atoms with Crippen LogP contribution in [0.1, 0.15) is 79.6 Å². The number of H-pyrrole nitrogens is 1. The summed E-state index contributed by atoms with van der Waals surface area (Å²) in [5.41, 5.74) is 13.0. The van der Waals surface area contributed by atoms with Gasteiger partial charge in [0.1, 0.15) is 6.33 Å². The number of benzene rings is 4. The van der Waals surface area contributed by atoms with Crippen LogP contribution in [0.15, 0.2) is 109 Å². The van der Waals surface area contributed by atoms with Gasteiger partial charge in [0, 0.05) is 37.1 Å². The lowest BCUT2D eigenvalue weighted by atomic mass is 9.97. The van der Waals surface area contributed by atoms with Gasteiger partial charge in [0.25, 0.3) is 0 Å². The molecule has 0 saturated carbocycles. The summed E-state index contributed by atoms with van der Waals surface area (Å²) >= 11 is 1.56. The van der Waals surface area contributed by atoms with Gasteiger partial charge in [-0.1, -0.05) is 110 Å². The Hall–Kier alpha value is -5.01. The van der Waals surface area contributed by atoms with E-state index in [4.69, 9.17) is 15.2 Å². The number of carbonyl (C=O) groups is 2. The highest BCUT2D eigenvalue weighted by Gasteiger charge is 2.32. The van der Waals surface area contributed by atoms with E-state index in [0.717, 1.165) is 64.2 Å². The number of nitrogens with zero attached hydrogens (tertiary/aromatic N) is 2. The highest BCUT2D eigenvalue weighted by atomic mass is 32.2. The molecule has 5 aromatic rings. The van der Waals surface area contributed by atoms with Crippen LogP contribution in [0, 0.1) is 0 Å². The Bertz CT molecular complexity index is 1910. The first-order chi connectivity index (χ1) is 25.9. The number of nitrogens with two attached hydrogens (primary N) is 1. The minimum Gasteiger partial charge on any atom is -0.397 e. The lowest BCUT2D eigenvalue weighted by Gasteiger charge is -2.36. The van der Waals surface area contributed by atoms with Crippen LogP contribution < -0.4 is 16.4 Å². The number of aromatic amines is 1. The molecule has 0 bridgehead atoms. The average molecular weight is 735 g/mol. The number of nitrogens with one attached hydrogen (secondary N) is 3. The summed E-state index contributed by atoms with van der Waals surface area (Å²) in [6.07, 6.45) is 5.47. The molecule has 0 spiro atoms. The molecular formula is C41H46N6O5S. The van der Waals surface area contributed by atoms with E-state index < -0.39 is 6.29 Å². The molecule has 1 aromatic heterocycles.